The van der Waals surface area contributed by atoms with Gasteiger partial charge in [0.25, 0.3) is 0 Å². The van der Waals surface area contributed by atoms with Crippen LogP contribution in [0.3, 0.4) is 0 Å². The fourth-order valence-electron chi connectivity index (χ4n) is 1.68. The third-order valence-corrected chi connectivity index (χ3v) is 2.66. The quantitative estimate of drug-likeness (QED) is 0.836. The number of carboxylic acids is 1. The predicted molar refractivity (Wildman–Crippen MR) is 67.9 cm³/mol. The van der Waals surface area contributed by atoms with E-state index in [9.17, 15) is 9.59 Å². The standard InChI is InChI=1S/C15H12O3/c16-14(12-4-2-1-3-5-12)10-11-6-8-13(9-7-11)15(17)18/h1-9H,10H2,(H,17,18). The number of carbonyl (C=O) groups is 2. The fourth-order valence-corrected chi connectivity index (χ4v) is 1.68. The molecule has 2 aromatic carbocycles. The van der Waals surface area contributed by atoms with Gasteiger partial charge in [-0.1, -0.05) is 42.5 Å². The molecule has 0 aliphatic heterocycles. The maximum absolute atomic E-state index is 11.9. The van der Waals surface area contributed by atoms with Gasteiger partial charge in [0.1, 0.15) is 0 Å². The minimum atomic E-state index is -0.962. The van der Waals surface area contributed by atoms with Crippen LogP contribution in [0.25, 0.3) is 0 Å². The lowest BCUT2D eigenvalue weighted by Crippen LogP contribution is -2.04. The van der Waals surface area contributed by atoms with Crippen molar-refractivity contribution in [1.29, 1.82) is 0 Å². The number of aromatic carboxylic acids is 1. The zero-order valence-corrected chi connectivity index (χ0v) is 9.67. The first-order valence-corrected chi connectivity index (χ1v) is 5.57. The van der Waals surface area contributed by atoms with Gasteiger partial charge in [-0.05, 0) is 17.7 Å². The van der Waals surface area contributed by atoms with Crippen LogP contribution in [-0.4, -0.2) is 16.9 Å². The highest BCUT2D eigenvalue weighted by Crippen LogP contribution is 2.09. The second-order valence-corrected chi connectivity index (χ2v) is 3.97. The number of benzene rings is 2. The Labute approximate surface area is 105 Å². The smallest absolute Gasteiger partial charge is 0.335 e. The van der Waals surface area contributed by atoms with Crippen LogP contribution in [0.15, 0.2) is 54.6 Å². The van der Waals surface area contributed by atoms with E-state index in [1.165, 1.54) is 12.1 Å². The van der Waals surface area contributed by atoms with Crippen LogP contribution in [0.1, 0.15) is 26.3 Å². The average Bonchev–Trinajstić information content (AvgIpc) is 2.40. The van der Waals surface area contributed by atoms with E-state index in [4.69, 9.17) is 5.11 Å². The summed E-state index contributed by atoms with van der Waals surface area (Å²) < 4.78 is 0. The van der Waals surface area contributed by atoms with E-state index in [0.717, 1.165) is 5.56 Å². The lowest BCUT2D eigenvalue weighted by atomic mass is 10.0. The molecule has 0 atom stereocenters. The third kappa shape index (κ3) is 2.83. The summed E-state index contributed by atoms with van der Waals surface area (Å²) in [4.78, 5) is 22.6. The monoisotopic (exact) mass is 240 g/mol. The highest BCUT2D eigenvalue weighted by Gasteiger charge is 2.07. The molecule has 0 heterocycles. The molecule has 18 heavy (non-hydrogen) atoms. The lowest BCUT2D eigenvalue weighted by molar-refractivity contribution is 0.0696. The molecule has 0 radical (unpaired) electrons. The Morgan fingerprint density at radius 2 is 1.44 bits per heavy atom. The SMILES string of the molecule is O=C(O)c1ccc(CC(=O)c2ccccc2)cc1. The summed E-state index contributed by atoms with van der Waals surface area (Å²) in [7, 11) is 0. The molecule has 0 saturated heterocycles. The van der Waals surface area contributed by atoms with Gasteiger partial charge in [0, 0.05) is 12.0 Å². The van der Waals surface area contributed by atoms with Crippen molar-refractivity contribution in [3.63, 3.8) is 0 Å². The summed E-state index contributed by atoms with van der Waals surface area (Å²) in [6, 6.07) is 15.4. The maximum atomic E-state index is 11.9. The van der Waals surface area contributed by atoms with Crippen molar-refractivity contribution in [1.82, 2.24) is 0 Å². The van der Waals surface area contributed by atoms with E-state index in [1.54, 1.807) is 24.3 Å². The number of hydrogen-bond acceptors (Lipinski definition) is 2. The molecule has 0 bridgehead atoms. The number of Topliss-reactive ketones (excluding diaryl/α,β-unsaturated/α-hetero) is 1. The van der Waals surface area contributed by atoms with Gasteiger partial charge in [-0.25, -0.2) is 4.79 Å². The third-order valence-electron chi connectivity index (χ3n) is 2.66. The van der Waals surface area contributed by atoms with E-state index >= 15 is 0 Å². The molecule has 90 valence electrons. The Bertz CT molecular complexity index is 556. The van der Waals surface area contributed by atoms with Gasteiger partial charge in [-0.15, -0.1) is 0 Å². The van der Waals surface area contributed by atoms with Crippen LogP contribution < -0.4 is 0 Å². The van der Waals surface area contributed by atoms with Gasteiger partial charge in [-0.2, -0.15) is 0 Å². The zero-order chi connectivity index (χ0) is 13.0. The topological polar surface area (TPSA) is 54.4 Å². The van der Waals surface area contributed by atoms with E-state index in [1.807, 2.05) is 18.2 Å². The second-order valence-electron chi connectivity index (χ2n) is 3.97. The van der Waals surface area contributed by atoms with Crippen molar-refractivity contribution in [3.05, 3.63) is 71.3 Å². The Morgan fingerprint density at radius 1 is 0.833 bits per heavy atom. The molecule has 0 aromatic heterocycles. The van der Waals surface area contributed by atoms with Crippen LogP contribution >= 0.6 is 0 Å². The highest BCUT2D eigenvalue weighted by molar-refractivity contribution is 5.97. The first-order valence-electron chi connectivity index (χ1n) is 5.57. The first-order chi connectivity index (χ1) is 8.66. The summed E-state index contributed by atoms with van der Waals surface area (Å²) in [5.41, 5.74) is 1.71. The van der Waals surface area contributed by atoms with E-state index < -0.39 is 5.97 Å². The Hall–Kier alpha value is -2.42. The molecule has 0 unspecified atom stereocenters. The summed E-state index contributed by atoms with van der Waals surface area (Å²) in [6.45, 7) is 0. The molecule has 3 heteroatoms. The number of hydrogen-bond donors (Lipinski definition) is 1. The number of carbonyl (C=O) groups excluding carboxylic acids is 1. The van der Waals surface area contributed by atoms with Gasteiger partial charge in [0.2, 0.25) is 0 Å². The molecule has 0 fully saturated rings. The normalized spacial score (nSPS) is 10.0. The molecular formula is C15H12O3. The molecule has 2 aromatic rings. The molecule has 2 rings (SSSR count). The van der Waals surface area contributed by atoms with Crippen LogP contribution in [0.4, 0.5) is 0 Å². The van der Waals surface area contributed by atoms with E-state index in [-0.39, 0.29) is 17.8 Å². The van der Waals surface area contributed by atoms with Gasteiger partial charge in [-0.3, -0.25) is 4.79 Å². The van der Waals surface area contributed by atoms with Crippen LogP contribution in [-0.2, 0) is 6.42 Å². The molecule has 3 nitrogen and oxygen atoms in total. The molecule has 0 spiro atoms. The lowest BCUT2D eigenvalue weighted by Gasteiger charge is -2.02. The Morgan fingerprint density at radius 3 is 2.00 bits per heavy atom. The second kappa shape index (κ2) is 5.27. The summed E-state index contributed by atoms with van der Waals surface area (Å²) >= 11 is 0. The summed E-state index contributed by atoms with van der Waals surface area (Å²) in [5, 5.41) is 8.77. The summed E-state index contributed by atoms with van der Waals surface area (Å²) in [5.74, 6) is -0.936. The van der Waals surface area contributed by atoms with Crippen LogP contribution in [0.5, 0.6) is 0 Å². The minimum Gasteiger partial charge on any atom is -0.478 e. The molecule has 0 saturated carbocycles. The van der Waals surface area contributed by atoms with E-state index in [2.05, 4.69) is 0 Å². The van der Waals surface area contributed by atoms with E-state index in [0.29, 0.717) is 5.56 Å². The maximum Gasteiger partial charge on any atom is 0.335 e. The summed E-state index contributed by atoms with van der Waals surface area (Å²) in [6.07, 6.45) is 0.282. The van der Waals surface area contributed by atoms with Crippen LogP contribution in [0, 0.1) is 0 Å². The minimum absolute atomic E-state index is 0.0266. The van der Waals surface area contributed by atoms with Crippen molar-refractivity contribution in [2.24, 2.45) is 0 Å². The molecule has 1 N–H and O–H groups in total. The number of carboxylic acid groups (broad SMARTS) is 1. The molecular weight excluding hydrogens is 228 g/mol. The van der Waals surface area contributed by atoms with Crippen molar-refractivity contribution >= 4 is 11.8 Å². The Kier molecular flexibility index (Phi) is 3.53. The highest BCUT2D eigenvalue weighted by atomic mass is 16.4. The van der Waals surface area contributed by atoms with Crippen molar-refractivity contribution in [2.75, 3.05) is 0 Å². The van der Waals surface area contributed by atoms with Gasteiger partial charge in [0.15, 0.2) is 5.78 Å². The molecule has 0 aliphatic rings. The molecule has 0 aliphatic carbocycles. The van der Waals surface area contributed by atoms with Gasteiger partial charge >= 0.3 is 5.97 Å². The van der Waals surface area contributed by atoms with Crippen LogP contribution in [0.2, 0.25) is 0 Å². The van der Waals surface area contributed by atoms with Crippen molar-refractivity contribution < 1.29 is 14.7 Å². The first kappa shape index (κ1) is 12.0. The average molecular weight is 240 g/mol. The van der Waals surface area contributed by atoms with Gasteiger partial charge in [0.05, 0.1) is 5.56 Å². The van der Waals surface area contributed by atoms with Crippen molar-refractivity contribution in [3.8, 4) is 0 Å². The number of rotatable bonds is 4. The van der Waals surface area contributed by atoms with Gasteiger partial charge < -0.3 is 5.11 Å². The number of ketones is 1. The Balaban J connectivity index is 2.10. The molecule has 0 amide bonds. The predicted octanol–water partition coefficient (Wildman–Crippen LogP) is 2.81. The van der Waals surface area contributed by atoms with Crippen molar-refractivity contribution in [2.45, 2.75) is 6.42 Å². The fraction of sp³-hybridized carbons (Fsp3) is 0.0667. The largest absolute Gasteiger partial charge is 0.478 e. The zero-order valence-electron chi connectivity index (χ0n) is 9.67.